The number of urea groups is 1. The summed E-state index contributed by atoms with van der Waals surface area (Å²) in [7, 11) is 0. The Kier molecular flexibility index (Phi) is 7.25. The number of aliphatic carboxylic acids is 1. The predicted molar refractivity (Wildman–Crippen MR) is 95.1 cm³/mol. The number of amides is 2. The van der Waals surface area contributed by atoms with Crippen LogP contribution in [-0.2, 0) is 15.7 Å². The number of carbonyl (C=O) groups is 2. The zero-order valence-corrected chi connectivity index (χ0v) is 15.2. The third kappa shape index (κ3) is 5.60. The second-order valence-corrected chi connectivity index (χ2v) is 6.44. The SMILES string of the molecule is N[C@H]1C=C(C(=O)O)O[C@@H]([C@H](O)[C@H](O)CO)[C@@H]1NC(=O)Nc1ccc(C(F)(F)F)cc1. The van der Waals surface area contributed by atoms with Gasteiger partial charge in [0, 0.05) is 5.69 Å². The largest absolute Gasteiger partial charge is 0.478 e. The van der Waals surface area contributed by atoms with Crippen molar-refractivity contribution < 1.29 is 47.9 Å². The monoisotopic (exact) mass is 435 g/mol. The highest BCUT2D eigenvalue weighted by Crippen LogP contribution is 2.30. The number of alkyl halides is 3. The lowest BCUT2D eigenvalue weighted by Crippen LogP contribution is -2.62. The number of aliphatic hydroxyl groups excluding tert-OH is 3. The van der Waals surface area contributed by atoms with E-state index in [1.165, 1.54) is 0 Å². The first kappa shape index (κ1) is 23.4. The van der Waals surface area contributed by atoms with Crippen molar-refractivity contribution in [2.45, 2.75) is 36.6 Å². The fourth-order valence-corrected chi connectivity index (χ4v) is 2.73. The average molecular weight is 435 g/mol. The second kappa shape index (κ2) is 9.30. The molecule has 2 amide bonds. The average Bonchev–Trinajstić information content (AvgIpc) is 2.67. The second-order valence-electron chi connectivity index (χ2n) is 6.44. The molecular weight excluding hydrogens is 415 g/mol. The Balaban J connectivity index is 2.16. The number of hydrogen-bond donors (Lipinski definition) is 7. The maximum atomic E-state index is 12.6. The van der Waals surface area contributed by atoms with Crippen LogP contribution in [0.4, 0.5) is 23.7 Å². The van der Waals surface area contributed by atoms with E-state index in [-0.39, 0.29) is 5.69 Å². The first-order valence-electron chi connectivity index (χ1n) is 8.53. The van der Waals surface area contributed by atoms with Crippen molar-refractivity contribution in [3.63, 3.8) is 0 Å². The molecule has 1 aliphatic heterocycles. The summed E-state index contributed by atoms with van der Waals surface area (Å²) in [6.07, 6.45) is -8.66. The number of halogens is 3. The van der Waals surface area contributed by atoms with Gasteiger partial charge in [-0.05, 0) is 30.3 Å². The summed E-state index contributed by atoms with van der Waals surface area (Å²) in [6.45, 7) is -0.882. The number of benzene rings is 1. The van der Waals surface area contributed by atoms with Crippen LogP contribution < -0.4 is 16.4 Å². The van der Waals surface area contributed by atoms with Crippen LogP contribution in [0.5, 0.6) is 0 Å². The molecule has 5 atom stereocenters. The minimum Gasteiger partial charge on any atom is -0.478 e. The van der Waals surface area contributed by atoms with Crippen LogP contribution in [0.15, 0.2) is 36.1 Å². The molecule has 0 saturated carbocycles. The normalized spacial score (nSPS) is 23.6. The zero-order chi connectivity index (χ0) is 22.6. The molecule has 0 aliphatic carbocycles. The fourth-order valence-electron chi connectivity index (χ4n) is 2.73. The number of anilines is 1. The first-order valence-corrected chi connectivity index (χ1v) is 8.53. The molecule has 0 unspecified atom stereocenters. The molecule has 166 valence electrons. The standard InChI is InChI=1S/C17H20F3N3O7/c18-17(19,20)7-1-3-8(4-2-7)22-16(29)23-12-9(21)5-11(15(27)28)30-14(12)13(26)10(25)6-24/h1-5,9-10,12-14,24-26H,6,21H2,(H,27,28)(H2,22,23,29)/t9-,10+,12+,13+,14+/m0/s1. The smallest absolute Gasteiger partial charge is 0.416 e. The highest BCUT2D eigenvalue weighted by atomic mass is 19.4. The van der Waals surface area contributed by atoms with Gasteiger partial charge in [-0.2, -0.15) is 13.2 Å². The van der Waals surface area contributed by atoms with E-state index in [0.29, 0.717) is 0 Å². The topological polar surface area (TPSA) is 174 Å². The number of rotatable bonds is 6. The first-order chi connectivity index (χ1) is 13.9. The Morgan fingerprint density at radius 2 is 1.80 bits per heavy atom. The van der Waals surface area contributed by atoms with E-state index >= 15 is 0 Å². The van der Waals surface area contributed by atoms with Gasteiger partial charge in [-0.1, -0.05) is 0 Å². The summed E-state index contributed by atoms with van der Waals surface area (Å²) in [5.74, 6) is -2.13. The van der Waals surface area contributed by atoms with Gasteiger partial charge in [0.1, 0.15) is 18.3 Å². The molecule has 0 bridgehead atoms. The van der Waals surface area contributed by atoms with E-state index in [4.69, 9.17) is 20.7 Å². The molecule has 8 N–H and O–H groups in total. The van der Waals surface area contributed by atoms with Gasteiger partial charge in [0.05, 0.1) is 24.3 Å². The Morgan fingerprint density at radius 3 is 2.30 bits per heavy atom. The molecule has 0 spiro atoms. The van der Waals surface area contributed by atoms with Gasteiger partial charge < -0.3 is 41.5 Å². The van der Waals surface area contributed by atoms with E-state index in [0.717, 1.165) is 30.3 Å². The molecule has 13 heteroatoms. The van der Waals surface area contributed by atoms with Gasteiger partial charge in [-0.25, -0.2) is 9.59 Å². The number of nitrogens with one attached hydrogen (secondary N) is 2. The van der Waals surface area contributed by atoms with Crippen LogP contribution in [-0.4, -0.2) is 69.4 Å². The minimum absolute atomic E-state index is 0.0139. The maximum absolute atomic E-state index is 12.6. The molecule has 10 nitrogen and oxygen atoms in total. The van der Waals surface area contributed by atoms with Crippen molar-refractivity contribution >= 4 is 17.7 Å². The summed E-state index contributed by atoms with van der Waals surface area (Å²) in [5.41, 5.74) is 4.94. The summed E-state index contributed by atoms with van der Waals surface area (Å²) in [4.78, 5) is 23.4. The molecular formula is C17H20F3N3O7. The molecule has 1 aromatic rings. The van der Waals surface area contributed by atoms with Gasteiger partial charge in [0.25, 0.3) is 0 Å². The number of aliphatic hydroxyl groups is 3. The Labute approximate surface area is 167 Å². The molecule has 1 aliphatic rings. The zero-order valence-electron chi connectivity index (χ0n) is 15.2. The van der Waals surface area contributed by atoms with Gasteiger partial charge in [-0.3, -0.25) is 0 Å². The molecule has 1 heterocycles. The maximum Gasteiger partial charge on any atom is 0.416 e. The lowest BCUT2D eigenvalue weighted by atomic mass is 9.93. The number of ether oxygens (including phenoxy) is 1. The summed E-state index contributed by atoms with van der Waals surface area (Å²) < 4.78 is 42.9. The molecule has 0 saturated heterocycles. The Bertz CT molecular complexity index is 801. The van der Waals surface area contributed by atoms with Crippen LogP contribution in [0.3, 0.4) is 0 Å². The Morgan fingerprint density at radius 1 is 1.20 bits per heavy atom. The van der Waals surface area contributed by atoms with Gasteiger partial charge in [0.2, 0.25) is 5.76 Å². The van der Waals surface area contributed by atoms with E-state index < -0.39 is 66.5 Å². The molecule has 2 rings (SSSR count). The summed E-state index contributed by atoms with van der Waals surface area (Å²) in [5, 5.41) is 42.5. The van der Waals surface area contributed by atoms with E-state index in [9.17, 15) is 33.0 Å². The van der Waals surface area contributed by atoms with Gasteiger partial charge >= 0.3 is 18.2 Å². The lowest BCUT2D eigenvalue weighted by molar-refractivity contribution is -0.144. The van der Waals surface area contributed by atoms with Crippen LogP contribution in [0.25, 0.3) is 0 Å². The lowest BCUT2D eigenvalue weighted by Gasteiger charge is -2.38. The predicted octanol–water partition coefficient (Wildman–Crippen LogP) is -0.396. The number of carboxylic acid groups (broad SMARTS) is 1. The highest BCUT2D eigenvalue weighted by Gasteiger charge is 2.42. The fraction of sp³-hybridized carbons (Fsp3) is 0.412. The van der Waals surface area contributed by atoms with E-state index in [2.05, 4.69) is 10.6 Å². The van der Waals surface area contributed by atoms with Crippen molar-refractivity contribution in [1.82, 2.24) is 5.32 Å². The number of carbonyl (C=O) groups excluding carboxylic acids is 1. The molecule has 30 heavy (non-hydrogen) atoms. The third-order valence-corrected chi connectivity index (χ3v) is 4.27. The van der Waals surface area contributed by atoms with Crippen molar-refractivity contribution in [3.05, 3.63) is 41.7 Å². The van der Waals surface area contributed by atoms with Gasteiger partial charge in [-0.15, -0.1) is 0 Å². The van der Waals surface area contributed by atoms with Crippen molar-refractivity contribution in [3.8, 4) is 0 Å². The van der Waals surface area contributed by atoms with E-state index in [1.54, 1.807) is 0 Å². The van der Waals surface area contributed by atoms with Crippen molar-refractivity contribution in [2.75, 3.05) is 11.9 Å². The van der Waals surface area contributed by atoms with Crippen molar-refractivity contribution in [2.24, 2.45) is 5.73 Å². The van der Waals surface area contributed by atoms with Gasteiger partial charge in [0.15, 0.2) is 0 Å². The van der Waals surface area contributed by atoms with E-state index in [1.807, 2.05) is 0 Å². The molecule has 0 radical (unpaired) electrons. The Hall–Kier alpha value is -2.87. The van der Waals surface area contributed by atoms with Crippen molar-refractivity contribution in [1.29, 1.82) is 0 Å². The number of nitrogens with two attached hydrogens (primary N) is 1. The van der Waals surface area contributed by atoms with Crippen LogP contribution in [0.1, 0.15) is 5.56 Å². The quantitative estimate of drug-likeness (QED) is 0.316. The third-order valence-electron chi connectivity index (χ3n) is 4.27. The summed E-state index contributed by atoms with van der Waals surface area (Å²) >= 11 is 0. The molecule has 1 aromatic carbocycles. The van der Waals surface area contributed by atoms with Crippen LogP contribution in [0, 0.1) is 0 Å². The summed E-state index contributed by atoms with van der Waals surface area (Å²) in [6, 6.07) is 0.191. The molecule has 0 fully saturated rings. The highest BCUT2D eigenvalue weighted by molar-refractivity contribution is 5.90. The van der Waals surface area contributed by atoms with Crippen LogP contribution >= 0.6 is 0 Å². The number of carboxylic acids is 1. The minimum atomic E-state index is -4.54. The molecule has 0 aromatic heterocycles. The van der Waals surface area contributed by atoms with Crippen LogP contribution in [0.2, 0.25) is 0 Å². The number of hydrogen-bond acceptors (Lipinski definition) is 7.